The first-order chi connectivity index (χ1) is 14.2. The number of sulfone groups is 1. The molecule has 0 aromatic heterocycles. The van der Waals surface area contributed by atoms with E-state index >= 15 is 0 Å². The second-order valence-corrected chi connectivity index (χ2v) is 10.7. The van der Waals surface area contributed by atoms with Crippen molar-refractivity contribution in [3.8, 4) is 5.75 Å². The fourth-order valence-electron chi connectivity index (χ4n) is 3.64. The molecule has 1 fully saturated rings. The Morgan fingerprint density at radius 1 is 1.13 bits per heavy atom. The molecule has 0 N–H and O–H groups in total. The summed E-state index contributed by atoms with van der Waals surface area (Å²) in [6.07, 6.45) is -0.324. The number of carbonyl (C=O) groups is 1. The number of rotatable bonds is 7. The summed E-state index contributed by atoms with van der Waals surface area (Å²) in [6.45, 7) is 6.18. The summed E-state index contributed by atoms with van der Waals surface area (Å²) in [7, 11) is -3.14. The zero-order valence-corrected chi connectivity index (χ0v) is 19.1. The highest BCUT2D eigenvalue weighted by atomic mass is 35.5. The van der Waals surface area contributed by atoms with Crippen LogP contribution in [0.5, 0.6) is 5.75 Å². The second-order valence-electron chi connectivity index (χ2n) is 8.10. The van der Waals surface area contributed by atoms with E-state index < -0.39 is 15.9 Å². The van der Waals surface area contributed by atoms with Crippen molar-refractivity contribution in [1.82, 2.24) is 4.90 Å². The highest BCUT2D eigenvalue weighted by Crippen LogP contribution is 2.25. The summed E-state index contributed by atoms with van der Waals surface area (Å²) >= 11 is 6.30. The van der Waals surface area contributed by atoms with Crippen LogP contribution >= 0.6 is 11.6 Å². The number of halogens is 1. The fraction of sp³-hybridized carbons (Fsp3) is 0.435. The van der Waals surface area contributed by atoms with Gasteiger partial charge >= 0.3 is 0 Å². The van der Waals surface area contributed by atoms with Crippen molar-refractivity contribution in [3.05, 3.63) is 64.7 Å². The number of hydrogen-bond donors (Lipinski definition) is 0. The van der Waals surface area contributed by atoms with Gasteiger partial charge in [-0.25, -0.2) is 8.42 Å². The third-order valence-electron chi connectivity index (χ3n) is 5.44. The maximum Gasteiger partial charge on any atom is 0.263 e. The molecule has 2 unspecified atom stereocenters. The van der Waals surface area contributed by atoms with Crippen LogP contribution in [0, 0.1) is 0 Å². The van der Waals surface area contributed by atoms with Crippen molar-refractivity contribution in [2.45, 2.75) is 51.8 Å². The van der Waals surface area contributed by atoms with Crippen molar-refractivity contribution in [1.29, 1.82) is 0 Å². The summed E-state index contributed by atoms with van der Waals surface area (Å²) in [5.74, 6) is 0.838. The van der Waals surface area contributed by atoms with Gasteiger partial charge in [0.15, 0.2) is 15.9 Å². The molecule has 7 heteroatoms. The quantitative estimate of drug-likeness (QED) is 0.626. The molecule has 0 saturated carbocycles. The molecule has 30 heavy (non-hydrogen) atoms. The number of benzene rings is 2. The number of nitrogens with zero attached hydrogens (tertiary/aromatic N) is 1. The molecule has 5 nitrogen and oxygen atoms in total. The van der Waals surface area contributed by atoms with Crippen molar-refractivity contribution in [2.75, 3.05) is 11.5 Å². The topological polar surface area (TPSA) is 63.7 Å². The van der Waals surface area contributed by atoms with Gasteiger partial charge in [-0.15, -0.1) is 0 Å². The maximum atomic E-state index is 13.3. The monoisotopic (exact) mass is 449 g/mol. The van der Waals surface area contributed by atoms with E-state index in [1.165, 1.54) is 5.56 Å². The van der Waals surface area contributed by atoms with Crippen molar-refractivity contribution >= 4 is 27.3 Å². The lowest BCUT2D eigenvalue weighted by Gasteiger charge is -2.31. The Labute approximate surface area is 183 Å². The van der Waals surface area contributed by atoms with E-state index in [0.717, 1.165) is 5.56 Å². The van der Waals surface area contributed by atoms with Crippen LogP contribution in [0.3, 0.4) is 0 Å². The Kier molecular flexibility index (Phi) is 7.09. The van der Waals surface area contributed by atoms with Crippen LogP contribution < -0.4 is 4.74 Å². The molecule has 2 aromatic carbocycles. The van der Waals surface area contributed by atoms with Crippen LogP contribution in [0.15, 0.2) is 48.5 Å². The molecule has 1 aliphatic heterocycles. The lowest BCUT2D eigenvalue weighted by atomic mass is 10.0. The van der Waals surface area contributed by atoms with Gasteiger partial charge in [0.05, 0.1) is 11.5 Å². The lowest BCUT2D eigenvalue weighted by Crippen LogP contribution is -2.46. The molecule has 2 aromatic rings. The van der Waals surface area contributed by atoms with Crippen molar-refractivity contribution < 1.29 is 17.9 Å². The van der Waals surface area contributed by atoms with Gasteiger partial charge in [0.1, 0.15) is 5.75 Å². The van der Waals surface area contributed by atoms with Crippen LogP contribution in [-0.2, 0) is 21.2 Å². The van der Waals surface area contributed by atoms with Gasteiger partial charge in [-0.1, -0.05) is 55.8 Å². The largest absolute Gasteiger partial charge is 0.481 e. The van der Waals surface area contributed by atoms with Gasteiger partial charge < -0.3 is 9.64 Å². The summed E-state index contributed by atoms with van der Waals surface area (Å²) in [4.78, 5) is 14.9. The van der Waals surface area contributed by atoms with Gasteiger partial charge in [-0.3, -0.25) is 4.79 Å². The Hall–Kier alpha value is -2.05. The Morgan fingerprint density at radius 2 is 1.80 bits per heavy atom. The van der Waals surface area contributed by atoms with E-state index in [1.807, 2.05) is 42.5 Å². The molecule has 0 radical (unpaired) electrons. The Morgan fingerprint density at radius 3 is 2.37 bits per heavy atom. The summed E-state index contributed by atoms with van der Waals surface area (Å²) in [5.41, 5.74) is 1.98. The van der Waals surface area contributed by atoms with Crippen LogP contribution in [0.1, 0.15) is 44.2 Å². The number of ether oxygens (including phenoxy) is 1. The molecule has 0 spiro atoms. The first kappa shape index (κ1) is 22.6. The smallest absolute Gasteiger partial charge is 0.263 e. The molecule has 2 atom stereocenters. The second kappa shape index (κ2) is 9.40. The minimum Gasteiger partial charge on any atom is -0.481 e. The maximum absolute atomic E-state index is 13.3. The van der Waals surface area contributed by atoms with Crippen molar-refractivity contribution in [2.24, 2.45) is 0 Å². The SMILES string of the molecule is CC(Oc1ccc(C(C)C)cc1)C(=O)N(Cc1ccccc1Cl)C1CCS(=O)(=O)C1. The molecule has 3 rings (SSSR count). The molecule has 1 amide bonds. The van der Waals surface area contributed by atoms with Gasteiger partial charge in [-0.05, 0) is 48.6 Å². The third kappa shape index (κ3) is 5.55. The zero-order valence-electron chi connectivity index (χ0n) is 17.5. The molecule has 0 aliphatic carbocycles. The Balaban J connectivity index is 1.79. The van der Waals surface area contributed by atoms with Crippen LogP contribution in [0.4, 0.5) is 0 Å². The van der Waals surface area contributed by atoms with E-state index in [4.69, 9.17) is 16.3 Å². The molecular weight excluding hydrogens is 422 g/mol. The Bertz CT molecular complexity index is 989. The first-order valence-electron chi connectivity index (χ1n) is 10.2. The fourth-order valence-corrected chi connectivity index (χ4v) is 5.56. The van der Waals surface area contributed by atoms with E-state index in [1.54, 1.807) is 17.9 Å². The minimum absolute atomic E-state index is 0.0288. The standard InChI is InChI=1S/C23H28ClNO4S/c1-16(2)18-8-10-21(11-9-18)29-17(3)23(26)25(20-12-13-30(27,28)15-20)14-19-6-4-5-7-22(19)24/h4-11,16-17,20H,12-15H2,1-3H3. The molecule has 1 heterocycles. The summed E-state index contributed by atoms with van der Waals surface area (Å²) < 4.78 is 30.0. The van der Waals surface area contributed by atoms with E-state index in [9.17, 15) is 13.2 Å². The minimum atomic E-state index is -3.14. The molecule has 1 saturated heterocycles. The average Bonchev–Trinajstić information content (AvgIpc) is 3.06. The van der Waals surface area contributed by atoms with Gasteiger partial charge in [0.2, 0.25) is 0 Å². The van der Waals surface area contributed by atoms with Crippen molar-refractivity contribution in [3.63, 3.8) is 0 Å². The number of carbonyl (C=O) groups excluding carboxylic acids is 1. The van der Waals surface area contributed by atoms with Gasteiger partial charge in [0.25, 0.3) is 5.91 Å². The van der Waals surface area contributed by atoms with Crippen LogP contribution in [-0.4, -0.2) is 42.9 Å². The van der Waals surface area contributed by atoms with E-state index in [0.29, 0.717) is 23.1 Å². The van der Waals surface area contributed by atoms with E-state index in [2.05, 4.69) is 13.8 Å². The van der Waals surface area contributed by atoms with Gasteiger partial charge in [0, 0.05) is 17.6 Å². The normalized spacial score (nSPS) is 18.9. The van der Waals surface area contributed by atoms with Crippen LogP contribution in [0.25, 0.3) is 0 Å². The summed E-state index contributed by atoms with van der Waals surface area (Å²) in [6, 6.07) is 14.6. The third-order valence-corrected chi connectivity index (χ3v) is 7.56. The predicted molar refractivity (Wildman–Crippen MR) is 120 cm³/mol. The van der Waals surface area contributed by atoms with Crippen LogP contribution in [0.2, 0.25) is 5.02 Å². The molecule has 0 bridgehead atoms. The lowest BCUT2D eigenvalue weighted by molar-refractivity contribution is -0.140. The highest BCUT2D eigenvalue weighted by molar-refractivity contribution is 7.91. The number of amides is 1. The zero-order chi connectivity index (χ0) is 21.9. The van der Waals surface area contributed by atoms with E-state index in [-0.39, 0.29) is 30.0 Å². The molecule has 1 aliphatic rings. The predicted octanol–water partition coefficient (Wildman–Crippen LogP) is 4.45. The highest BCUT2D eigenvalue weighted by Gasteiger charge is 2.36. The average molecular weight is 450 g/mol. The first-order valence-corrected chi connectivity index (χ1v) is 12.4. The summed E-state index contributed by atoms with van der Waals surface area (Å²) in [5, 5.41) is 0.550. The van der Waals surface area contributed by atoms with Gasteiger partial charge in [-0.2, -0.15) is 0 Å². The number of hydrogen-bond acceptors (Lipinski definition) is 4. The molecular formula is C23H28ClNO4S. The molecule has 162 valence electrons.